The molecule has 0 radical (unpaired) electrons. The van der Waals surface area contributed by atoms with Gasteiger partial charge in [0.1, 0.15) is 5.78 Å². The summed E-state index contributed by atoms with van der Waals surface area (Å²) in [5.41, 5.74) is 0.0566. The maximum Gasteiger partial charge on any atom is 0.145 e. The smallest absolute Gasteiger partial charge is 0.145 e. The zero-order valence-electron chi connectivity index (χ0n) is 16.5. The number of carbonyl (C=O) groups is 1. The van der Waals surface area contributed by atoms with Crippen molar-refractivity contribution < 1.29 is 14.3 Å². The summed E-state index contributed by atoms with van der Waals surface area (Å²) in [7, 11) is 0. The van der Waals surface area contributed by atoms with Crippen LogP contribution in [-0.2, 0) is 14.3 Å². The number of hydrogen-bond donors (Lipinski definition) is 0. The van der Waals surface area contributed by atoms with Gasteiger partial charge in [-0.05, 0) is 70.6 Å². The summed E-state index contributed by atoms with van der Waals surface area (Å²) in [6, 6.07) is 0. The van der Waals surface area contributed by atoms with Gasteiger partial charge in [0.05, 0.1) is 12.2 Å². The zero-order chi connectivity index (χ0) is 17.8. The summed E-state index contributed by atoms with van der Waals surface area (Å²) < 4.78 is 12.0. The highest BCUT2D eigenvalue weighted by molar-refractivity contribution is 5.96. The van der Waals surface area contributed by atoms with Gasteiger partial charge in [0.25, 0.3) is 0 Å². The first-order chi connectivity index (χ1) is 12.1. The molecule has 0 aromatic rings. The van der Waals surface area contributed by atoms with Crippen molar-refractivity contribution >= 4 is 5.78 Å². The van der Waals surface area contributed by atoms with Gasteiger partial charge in [0, 0.05) is 24.0 Å². The van der Waals surface area contributed by atoms with Crippen LogP contribution in [0.4, 0.5) is 0 Å². The van der Waals surface area contributed by atoms with Crippen LogP contribution >= 0.6 is 0 Å². The van der Waals surface area contributed by atoms with E-state index in [4.69, 9.17) is 9.47 Å². The molecule has 3 rings (SSSR count). The minimum absolute atomic E-state index is 0.0283. The standard InChI is InChI=1S/C22H38O3/c1-3-5-15-24-18-7-11-21(12-8-18)17-22(20(21)23)13-9-19(10-14-22)25-16-6-4-2/h18-19H,3-17H2,1-2H3/t18?,19?,21-,22-. The van der Waals surface area contributed by atoms with E-state index in [-0.39, 0.29) is 10.8 Å². The van der Waals surface area contributed by atoms with Crippen molar-refractivity contribution in [3.05, 3.63) is 0 Å². The van der Waals surface area contributed by atoms with Crippen molar-refractivity contribution in [3.63, 3.8) is 0 Å². The fraction of sp³-hybridized carbons (Fsp3) is 0.955. The molecule has 144 valence electrons. The topological polar surface area (TPSA) is 35.5 Å². The third-order valence-electron chi connectivity index (χ3n) is 7.12. The lowest BCUT2D eigenvalue weighted by atomic mass is 9.44. The minimum Gasteiger partial charge on any atom is -0.378 e. The summed E-state index contributed by atoms with van der Waals surface area (Å²) in [6.45, 7) is 6.20. The van der Waals surface area contributed by atoms with Gasteiger partial charge in [-0.1, -0.05) is 26.7 Å². The number of hydrogen-bond acceptors (Lipinski definition) is 3. The van der Waals surface area contributed by atoms with Crippen molar-refractivity contribution in [2.45, 2.75) is 110 Å². The van der Waals surface area contributed by atoms with Crippen LogP contribution in [0.3, 0.4) is 0 Å². The molecular weight excluding hydrogens is 312 g/mol. The van der Waals surface area contributed by atoms with Crippen LogP contribution in [0.1, 0.15) is 97.3 Å². The maximum absolute atomic E-state index is 13.2. The van der Waals surface area contributed by atoms with E-state index in [0.717, 1.165) is 83.8 Å². The third-order valence-corrected chi connectivity index (χ3v) is 7.12. The Morgan fingerprint density at radius 2 is 1.20 bits per heavy atom. The Morgan fingerprint density at radius 1 is 0.800 bits per heavy atom. The SMILES string of the molecule is CCCCOC1CC[C@]2(CC1)C[C@@]1(CCC(OCCCC)CC1)C2=O. The molecule has 0 atom stereocenters. The summed E-state index contributed by atoms with van der Waals surface area (Å²) in [4.78, 5) is 13.2. The minimum atomic E-state index is 0.0283. The quantitative estimate of drug-likeness (QED) is 0.546. The summed E-state index contributed by atoms with van der Waals surface area (Å²) in [6.07, 6.45) is 15.3. The molecule has 3 saturated carbocycles. The monoisotopic (exact) mass is 350 g/mol. The molecule has 3 fully saturated rings. The zero-order valence-corrected chi connectivity index (χ0v) is 16.5. The fourth-order valence-corrected chi connectivity index (χ4v) is 5.48. The second-order valence-electron chi connectivity index (χ2n) is 8.91. The first kappa shape index (κ1) is 19.4. The van der Waals surface area contributed by atoms with Crippen LogP contribution in [0.25, 0.3) is 0 Å². The molecule has 0 bridgehead atoms. The lowest BCUT2D eigenvalue weighted by Gasteiger charge is -2.59. The van der Waals surface area contributed by atoms with Crippen molar-refractivity contribution in [3.8, 4) is 0 Å². The number of ketones is 1. The van der Waals surface area contributed by atoms with Gasteiger partial charge in [0.15, 0.2) is 0 Å². The predicted octanol–water partition coefficient (Wildman–Crippen LogP) is 5.45. The van der Waals surface area contributed by atoms with Crippen LogP contribution < -0.4 is 0 Å². The van der Waals surface area contributed by atoms with Gasteiger partial charge in [-0.2, -0.15) is 0 Å². The second-order valence-corrected chi connectivity index (χ2v) is 8.91. The molecule has 3 heteroatoms. The Kier molecular flexibility index (Phi) is 6.60. The molecule has 25 heavy (non-hydrogen) atoms. The van der Waals surface area contributed by atoms with E-state index < -0.39 is 0 Å². The van der Waals surface area contributed by atoms with Gasteiger partial charge in [-0.25, -0.2) is 0 Å². The molecule has 0 amide bonds. The first-order valence-electron chi connectivity index (χ1n) is 10.9. The normalized spacial score (nSPS) is 38.2. The summed E-state index contributed by atoms with van der Waals surface area (Å²) in [5.74, 6) is 0.610. The van der Waals surface area contributed by atoms with Crippen molar-refractivity contribution in [1.82, 2.24) is 0 Å². The molecule has 3 aliphatic carbocycles. The Morgan fingerprint density at radius 3 is 1.52 bits per heavy atom. The summed E-state index contributed by atoms with van der Waals surface area (Å²) in [5, 5.41) is 0. The van der Waals surface area contributed by atoms with Gasteiger partial charge in [-0.15, -0.1) is 0 Å². The highest BCUT2D eigenvalue weighted by Crippen LogP contribution is 2.63. The Labute approximate surface area is 154 Å². The van der Waals surface area contributed by atoms with Gasteiger partial charge in [0.2, 0.25) is 0 Å². The highest BCUT2D eigenvalue weighted by atomic mass is 16.5. The Bertz CT molecular complexity index is 391. The molecule has 0 saturated heterocycles. The van der Waals surface area contributed by atoms with Crippen LogP contribution in [0.15, 0.2) is 0 Å². The second kappa shape index (κ2) is 8.52. The first-order valence-corrected chi connectivity index (χ1v) is 10.9. The molecule has 0 aromatic carbocycles. The number of Topliss-reactive ketones (excluding diaryl/α,β-unsaturated/α-hetero) is 1. The molecule has 0 unspecified atom stereocenters. The molecular formula is C22H38O3. The average molecular weight is 351 g/mol. The van der Waals surface area contributed by atoms with Crippen LogP contribution in [-0.4, -0.2) is 31.2 Å². The van der Waals surface area contributed by atoms with Crippen LogP contribution in [0.5, 0.6) is 0 Å². The van der Waals surface area contributed by atoms with Gasteiger partial charge >= 0.3 is 0 Å². The Balaban J connectivity index is 1.42. The van der Waals surface area contributed by atoms with Crippen LogP contribution in [0, 0.1) is 10.8 Å². The Hall–Kier alpha value is -0.410. The largest absolute Gasteiger partial charge is 0.378 e. The van der Waals surface area contributed by atoms with Gasteiger partial charge in [-0.3, -0.25) is 4.79 Å². The lowest BCUT2D eigenvalue weighted by Crippen LogP contribution is -2.60. The van der Waals surface area contributed by atoms with Crippen molar-refractivity contribution in [2.24, 2.45) is 10.8 Å². The van der Waals surface area contributed by atoms with Crippen molar-refractivity contribution in [1.29, 1.82) is 0 Å². The van der Waals surface area contributed by atoms with E-state index in [1.54, 1.807) is 0 Å². The van der Waals surface area contributed by atoms with E-state index in [1.807, 2.05) is 0 Å². The average Bonchev–Trinajstić information content (AvgIpc) is 2.65. The van der Waals surface area contributed by atoms with E-state index >= 15 is 0 Å². The van der Waals surface area contributed by atoms with Gasteiger partial charge < -0.3 is 9.47 Å². The fourth-order valence-electron chi connectivity index (χ4n) is 5.48. The van der Waals surface area contributed by atoms with E-state index in [1.165, 1.54) is 12.8 Å². The molecule has 3 nitrogen and oxygen atoms in total. The molecule has 0 aromatic heterocycles. The number of unbranched alkanes of at least 4 members (excludes halogenated alkanes) is 2. The lowest BCUT2D eigenvalue weighted by molar-refractivity contribution is -0.173. The predicted molar refractivity (Wildman–Crippen MR) is 101 cm³/mol. The number of ether oxygens (including phenoxy) is 2. The highest BCUT2D eigenvalue weighted by Gasteiger charge is 2.63. The molecule has 0 heterocycles. The van der Waals surface area contributed by atoms with Crippen LogP contribution in [0.2, 0.25) is 0 Å². The van der Waals surface area contributed by atoms with E-state index in [9.17, 15) is 4.79 Å². The molecule has 2 spiro atoms. The summed E-state index contributed by atoms with van der Waals surface area (Å²) >= 11 is 0. The molecule has 0 aliphatic heterocycles. The maximum atomic E-state index is 13.2. The third kappa shape index (κ3) is 4.13. The molecule has 3 aliphatic rings. The van der Waals surface area contributed by atoms with E-state index in [2.05, 4.69) is 13.8 Å². The number of rotatable bonds is 8. The van der Waals surface area contributed by atoms with E-state index in [0.29, 0.717) is 18.0 Å². The molecule has 0 N–H and O–H groups in total. The number of carbonyl (C=O) groups excluding carboxylic acids is 1. The van der Waals surface area contributed by atoms with Crippen molar-refractivity contribution in [2.75, 3.05) is 13.2 Å².